The number of aromatic amines is 1. The number of ether oxygens (including phenoxy) is 1. The average molecular weight is 505 g/mol. The maximum atomic E-state index is 13.4. The van der Waals surface area contributed by atoms with E-state index in [1.807, 2.05) is 30.3 Å². The minimum Gasteiger partial charge on any atom is -0.444 e. The number of rotatable bonds is 5. The molecule has 3 heterocycles. The monoisotopic (exact) mass is 504 g/mol. The van der Waals surface area contributed by atoms with Gasteiger partial charge >= 0.3 is 6.09 Å². The van der Waals surface area contributed by atoms with Gasteiger partial charge in [0.2, 0.25) is 0 Å². The first-order valence-corrected chi connectivity index (χ1v) is 12.1. The molecule has 1 fully saturated rings. The topological polar surface area (TPSA) is 123 Å². The van der Waals surface area contributed by atoms with Crippen LogP contribution in [0.15, 0.2) is 48.7 Å². The van der Waals surface area contributed by atoms with Crippen LogP contribution in [0.3, 0.4) is 0 Å². The number of ketones is 1. The smallest absolute Gasteiger partial charge is 0.411 e. The van der Waals surface area contributed by atoms with E-state index in [2.05, 4.69) is 20.6 Å². The molecule has 0 saturated heterocycles. The number of H-pyrrole nitrogens is 1. The zero-order valence-electron chi connectivity index (χ0n) is 20.9. The number of nitrogens with zero attached hydrogens (tertiary/aromatic N) is 2. The van der Waals surface area contributed by atoms with Crippen molar-refractivity contribution >= 4 is 34.9 Å². The van der Waals surface area contributed by atoms with Gasteiger partial charge in [0.05, 0.1) is 36.0 Å². The normalized spacial score (nSPS) is 18.7. The summed E-state index contributed by atoms with van der Waals surface area (Å²) >= 11 is 0. The van der Waals surface area contributed by atoms with E-state index < -0.39 is 23.8 Å². The van der Waals surface area contributed by atoms with Crippen LogP contribution in [0.1, 0.15) is 43.2 Å². The van der Waals surface area contributed by atoms with Crippen molar-refractivity contribution in [2.75, 3.05) is 17.2 Å². The number of Topliss-reactive ketones (excluding diaryl/α,β-unsaturated/α-hetero) is 1. The summed E-state index contributed by atoms with van der Waals surface area (Å²) in [4.78, 5) is 35.1. The number of halogens is 1. The van der Waals surface area contributed by atoms with Crippen molar-refractivity contribution in [3.8, 4) is 11.3 Å². The molecular formula is C27H29FN6O3. The fourth-order valence-electron chi connectivity index (χ4n) is 4.29. The van der Waals surface area contributed by atoms with Crippen LogP contribution in [0, 0.1) is 11.3 Å². The molecule has 2 aromatic heterocycles. The van der Waals surface area contributed by atoms with Gasteiger partial charge in [-0.05, 0) is 51.5 Å². The molecule has 1 amide bonds. The molecule has 5 rings (SSSR count). The lowest BCUT2D eigenvalue weighted by atomic mass is 10.0. The first-order chi connectivity index (χ1) is 17.6. The third-order valence-electron chi connectivity index (χ3n) is 6.13. The number of hydrogen-bond donors (Lipinski definition) is 4. The Morgan fingerprint density at radius 2 is 1.95 bits per heavy atom. The number of pyridine rings is 1. The number of benzene rings is 1. The lowest BCUT2D eigenvalue weighted by Gasteiger charge is -2.29. The first-order valence-electron chi connectivity index (χ1n) is 12.1. The van der Waals surface area contributed by atoms with Gasteiger partial charge in [0.15, 0.2) is 5.78 Å². The molecule has 0 unspecified atom stereocenters. The quantitative estimate of drug-likeness (QED) is 0.269. The Labute approximate surface area is 213 Å². The lowest BCUT2D eigenvalue weighted by molar-refractivity contribution is 0.0218. The summed E-state index contributed by atoms with van der Waals surface area (Å²) in [7, 11) is 0. The molecule has 1 saturated carbocycles. The Kier molecular flexibility index (Phi) is 6.18. The number of carbonyl (C=O) groups excluding carboxylic acids is 2. The van der Waals surface area contributed by atoms with E-state index in [1.54, 1.807) is 39.1 Å². The van der Waals surface area contributed by atoms with Crippen LogP contribution in [0.4, 0.5) is 26.4 Å². The van der Waals surface area contributed by atoms with Gasteiger partial charge in [-0.3, -0.25) is 15.1 Å². The van der Waals surface area contributed by atoms with Crippen LogP contribution in [-0.2, 0) is 11.3 Å². The second-order valence-electron chi connectivity index (χ2n) is 10.3. The molecule has 0 radical (unpaired) electrons. The van der Waals surface area contributed by atoms with Crippen molar-refractivity contribution < 1.29 is 18.7 Å². The molecule has 9 nitrogen and oxygen atoms in total. The molecule has 37 heavy (non-hydrogen) atoms. The second-order valence-corrected chi connectivity index (χ2v) is 10.3. The zero-order valence-corrected chi connectivity index (χ0v) is 20.9. The van der Waals surface area contributed by atoms with Crippen molar-refractivity contribution in [3.63, 3.8) is 0 Å². The van der Waals surface area contributed by atoms with Crippen LogP contribution in [0.5, 0.6) is 0 Å². The highest BCUT2D eigenvalue weighted by atomic mass is 19.1. The van der Waals surface area contributed by atoms with E-state index in [1.165, 1.54) is 4.90 Å². The van der Waals surface area contributed by atoms with Crippen LogP contribution in [0.2, 0.25) is 0 Å². The Morgan fingerprint density at radius 3 is 2.62 bits per heavy atom. The molecule has 2 aliphatic rings. The van der Waals surface area contributed by atoms with Gasteiger partial charge in [0, 0.05) is 23.1 Å². The van der Waals surface area contributed by atoms with Gasteiger partial charge in [0.1, 0.15) is 23.4 Å². The Bertz CT molecular complexity index is 1360. The average Bonchev–Trinajstić information content (AvgIpc) is 3.46. The molecular weight excluding hydrogens is 475 g/mol. The highest BCUT2D eigenvalue weighted by molar-refractivity contribution is 6.09. The number of carbonyl (C=O) groups is 2. The predicted molar refractivity (Wildman–Crippen MR) is 139 cm³/mol. The summed E-state index contributed by atoms with van der Waals surface area (Å²) in [6.45, 7) is 5.42. The van der Waals surface area contributed by atoms with Crippen LogP contribution in [0.25, 0.3) is 11.3 Å². The van der Waals surface area contributed by atoms with Crippen LogP contribution < -0.4 is 10.6 Å². The maximum Gasteiger partial charge on any atom is 0.411 e. The number of para-hydroxylation sites is 1. The third-order valence-corrected chi connectivity index (χ3v) is 6.13. The van der Waals surface area contributed by atoms with Crippen molar-refractivity contribution in [2.24, 2.45) is 5.92 Å². The van der Waals surface area contributed by atoms with Gasteiger partial charge < -0.3 is 20.4 Å². The van der Waals surface area contributed by atoms with Gasteiger partial charge in [-0.2, -0.15) is 0 Å². The third kappa shape index (κ3) is 5.32. The summed E-state index contributed by atoms with van der Waals surface area (Å²) < 4.78 is 18.9. The molecule has 4 N–H and O–H groups in total. The summed E-state index contributed by atoms with van der Waals surface area (Å²) in [6, 6.07) is 13.0. The van der Waals surface area contributed by atoms with Crippen molar-refractivity contribution in [3.05, 3.63) is 59.9 Å². The molecule has 2 atom stereocenters. The van der Waals surface area contributed by atoms with Gasteiger partial charge in [0.25, 0.3) is 0 Å². The summed E-state index contributed by atoms with van der Waals surface area (Å²) in [5.41, 5.74) is 3.13. The predicted octanol–water partition coefficient (Wildman–Crippen LogP) is 5.50. The highest BCUT2D eigenvalue weighted by Crippen LogP contribution is 2.39. The maximum absolute atomic E-state index is 13.4. The summed E-state index contributed by atoms with van der Waals surface area (Å²) in [5.74, 6) is -0.143. The van der Waals surface area contributed by atoms with E-state index in [-0.39, 0.29) is 24.7 Å². The van der Waals surface area contributed by atoms with Crippen LogP contribution in [-0.4, -0.2) is 50.9 Å². The number of nitrogens with one attached hydrogen (secondary N) is 4. The van der Waals surface area contributed by atoms with E-state index >= 15 is 0 Å². The number of hydrogen-bond acceptors (Lipinski definition) is 6. The molecule has 3 aromatic rings. The number of amidine groups is 1. The van der Waals surface area contributed by atoms with Crippen molar-refractivity contribution in [2.45, 2.75) is 45.5 Å². The fraction of sp³-hybridized carbons (Fsp3) is 0.333. The van der Waals surface area contributed by atoms with Crippen LogP contribution >= 0.6 is 0 Å². The number of anilines is 3. The fourth-order valence-corrected chi connectivity index (χ4v) is 4.29. The SMILES string of the molecule is CC(C)(C)OC(=O)N1CC(=O)c2c([nH]c(-c3ccnc(NC(=N)[C@@H]4C[C@@H]4F)c3)c2Nc2ccccc2)C1. The number of fused-ring (bicyclic) bond motifs is 1. The Balaban J connectivity index is 1.51. The highest BCUT2D eigenvalue weighted by Gasteiger charge is 2.41. The first kappa shape index (κ1) is 24.5. The second kappa shape index (κ2) is 9.34. The van der Waals surface area contributed by atoms with Crippen molar-refractivity contribution in [1.82, 2.24) is 14.9 Å². The van der Waals surface area contributed by atoms with Crippen molar-refractivity contribution in [1.29, 1.82) is 5.41 Å². The van der Waals surface area contributed by atoms with Gasteiger partial charge in [-0.25, -0.2) is 14.2 Å². The molecule has 192 valence electrons. The number of amides is 1. The van der Waals surface area contributed by atoms with Gasteiger partial charge in [-0.15, -0.1) is 0 Å². The lowest BCUT2D eigenvalue weighted by Crippen LogP contribution is -2.42. The minimum atomic E-state index is -0.987. The largest absolute Gasteiger partial charge is 0.444 e. The van der Waals surface area contributed by atoms with E-state index in [9.17, 15) is 14.0 Å². The standard InChI is InChI=1S/C27H29FN6O3/c1-27(2,3)37-26(36)34-13-19-22(20(35)14-34)24(31-16-7-5-4-6-8-16)23(32-19)15-9-10-30-21(11-15)33-25(29)17-12-18(17)28/h4-11,17-18,31-32H,12-14H2,1-3H3,(H2,29,30,33)/t17-,18+/m1/s1. The Morgan fingerprint density at radius 1 is 1.22 bits per heavy atom. The van der Waals surface area contributed by atoms with E-state index in [0.29, 0.717) is 40.4 Å². The van der Waals surface area contributed by atoms with E-state index in [4.69, 9.17) is 10.1 Å². The Hall–Kier alpha value is -4.21. The molecule has 10 heteroatoms. The molecule has 1 aliphatic heterocycles. The van der Waals surface area contributed by atoms with Gasteiger partial charge in [-0.1, -0.05) is 18.2 Å². The number of aromatic nitrogens is 2. The summed E-state index contributed by atoms with van der Waals surface area (Å²) in [6.07, 6.45) is 0.390. The zero-order chi connectivity index (χ0) is 26.3. The molecule has 0 spiro atoms. The molecule has 1 aliphatic carbocycles. The molecule has 1 aromatic carbocycles. The minimum absolute atomic E-state index is 0.0914. The summed E-state index contributed by atoms with van der Waals surface area (Å²) in [5, 5.41) is 14.3. The molecule has 0 bridgehead atoms. The number of alkyl halides is 1. The van der Waals surface area contributed by atoms with E-state index in [0.717, 1.165) is 5.69 Å².